The van der Waals surface area contributed by atoms with E-state index in [1.54, 1.807) is 0 Å². The molecule has 0 bridgehead atoms. The number of nitrogens with zero attached hydrogens (tertiary/aromatic N) is 2. The van der Waals surface area contributed by atoms with Crippen molar-refractivity contribution in [3.63, 3.8) is 0 Å². The summed E-state index contributed by atoms with van der Waals surface area (Å²) in [6.07, 6.45) is 6.80. The number of rotatable bonds is 8. The molecule has 0 amide bonds. The summed E-state index contributed by atoms with van der Waals surface area (Å²) in [5.41, 5.74) is 0.109. The molecule has 0 aromatic rings. The second-order valence-corrected chi connectivity index (χ2v) is 5.40. The Morgan fingerprint density at radius 2 is 1.00 bits per heavy atom. The van der Waals surface area contributed by atoms with Gasteiger partial charge in [-0.1, -0.05) is 40.5 Å². The van der Waals surface area contributed by atoms with E-state index in [0.29, 0.717) is 0 Å². The molecule has 0 saturated heterocycles. The summed E-state index contributed by atoms with van der Waals surface area (Å²) in [7, 11) is 0. The van der Waals surface area contributed by atoms with Gasteiger partial charge in [0.25, 0.3) is 0 Å². The van der Waals surface area contributed by atoms with E-state index in [1.807, 2.05) is 0 Å². The number of hydrogen-bond acceptors (Lipinski definition) is 2. The second kappa shape index (κ2) is 7.03. The van der Waals surface area contributed by atoms with Gasteiger partial charge in [0.2, 0.25) is 0 Å². The predicted octanol–water partition coefficient (Wildman–Crippen LogP) is 5.38. The van der Waals surface area contributed by atoms with Crippen LogP contribution < -0.4 is 0 Å². The topological polar surface area (TPSA) is 24.7 Å². The lowest BCUT2D eigenvalue weighted by molar-refractivity contribution is 0.335. The zero-order valence-electron chi connectivity index (χ0n) is 12.1. The van der Waals surface area contributed by atoms with Crippen LogP contribution in [0.1, 0.15) is 80.1 Å². The van der Waals surface area contributed by atoms with Crippen LogP contribution in [0.5, 0.6) is 0 Å². The van der Waals surface area contributed by atoms with E-state index >= 15 is 0 Å². The van der Waals surface area contributed by atoms with Gasteiger partial charge in [-0.25, -0.2) is 0 Å². The smallest absolute Gasteiger partial charge is 0.0785 e. The average Bonchev–Trinajstić information content (AvgIpc) is 2.27. The van der Waals surface area contributed by atoms with Crippen LogP contribution >= 0.6 is 0 Å². The Kier molecular flexibility index (Phi) is 6.85. The lowest BCUT2D eigenvalue weighted by atomic mass is 9.93. The Hall–Kier alpha value is -0.400. The molecule has 0 rings (SSSR count). The average molecular weight is 226 g/mol. The molecule has 0 fully saturated rings. The lowest BCUT2D eigenvalue weighted by Crippen LogP contribution is -2.24. The van der Waals surface area contributed by atoms with Crippen molar-refractivity contribution in [3.8, 4) is 0 Å². The first-order valence-electron chi connectivity index (χ1n) is 6.89. The third kappa shape index (κ3) is 5.09. The van der Waals surface area contributed by atoms with Crippen molar-refractivity contribution in [2.45, 2.75) is 91.1 Å². The summed E-state index contributed by atoms with van der Waals surface area (Å²) >= 11 is 0. The van der Waals surface area contributed by atoms with Crippen molar-refractivity contribution in [1.29, 1.82) is 0 Å². The number of azo groups is 1. The SMILES string of the molecule is CCCC(C)(CC)N=NC(C)(CC)CCC. The van der Waals surface area contributed by atoms with Gasteiger partial charge >= 0.3 is 0 Å². The van der Waals surface area contributed by atoms with Gasteiger partial charge in [-0.3, -0.25) is 0 Å². The fourth-order valence-electron chi connectivity index (χ4n) is 1.91. The zero-order chi connectivity index (χ0) is 12.7. The minimum Gasteiger partial charge on any atom is -0.187 e. The minimum absolute atomic E-state index is 0.0545. The van der Waals surface area contributed by atoms with Crippen LogP contribution in [0.4, 0.5) is 0 Å². The minimum atomic E-state index is 0.0545. The number of hydrogen-bond donors (Lipinski definition) is 0. The Bertz CT molecular complexity index is 191. The third-order valence-corrected chi connectivity index (χ3v) is 3.63. The summed E-state index contributed by atoms with van der Waals surface area (Å²) in [5, 5.41) is 9.30. The van der Waals surface area contributed by atoms with Gasteiger partial charge in [-0.05, 0) is 39.5 Å². The van der Waals surface area contributed by atoms with E-state index in [2.05, 4.69) is 51.8 Å². The molecule has 0 aliphatic carbocycles. The van der Waals surface area contributed by atoms with Crippen molar-refractivity contribution in [2.24, 2.45) is 10.2 Å². The van der Waals surface area contributed by atoms with Crippen molar-refractivity contribution >= 4 is 0 Å². The maximum atomic E-state index is 4.65. The van der Waals surface area contributed by atoms with Gasteiger partial charge < -0.3 is 0 Å². The molecule has 2 unspecified atom stereocenters. The molecule has 0 heterocycles. The van der Waals surface area contributed by atoms with E-state index in [4.69, 9.17) is 0 Å². The van der Waals surface area contributed by atoms with Crippen molar-refractivity contribution in [2.75, 3.05) is 0 Å². The normalized spacial score (nSPS) is 19.6. The lowest BCUT2D eigenvalue weighted by Gasteiger charge is -2.26. The summed E-state index contributed by atoms with van der Waals surface area (Å²) in [4.78, 5) is 0. The van der Waals surface area contributed by atoms with Gasteiger partial charge in [0.15, 0.2) is 0 Å². The summed E-state index contributed by atoms with van der Waals surface area (Å²) in [5.74, 6) is 0. The van der Waals surface area contributed by atoms with Crippen molar-refractivity contribution in [1.82, 2.24) is 0 Å². The van der Waals surface area contributed by atoms with Gasteiger partial charge in [0.1, 0.15) is 0 Å². The largest absolute Gasteiger partial charge is 0.187 e. The Morgan fingerprint density at radius 3 is 1.19 bits per heavy atom. The standard InChI is InChI=1S/C14H30N2/c1-7-11-13(5,9-3)15-16-14(6,10-4)12-8-2/h7-12H2,1-6H3. The molecule has 0 radical (unpaired) electrons. The summed E-state index contributed by atoms with van der Waals surface area (Å²) in [6.45, 7) is 13.3. The van der Waals surface area contributed by atoms with Crippen molar-refractivity contribution in [3.05, 3.63) is 0 Å². The molecule has 0 aromatic carbocycles. The molecule has 2 heteroatoms. The quantitative estimate of drug-likeness (QED) is 0.497. The first-order valence-corrected chi connectivity index (χ1v) is 6.89. The molecular weight excluding hydrogens is 196 g/mol. The van der Waals surface area contributed by atoms with Gasteiger partial charge in [-0.2, -0.15) is 10.2 Å². The van der Waals surface area contributed by atoms with Crippen LogP contribution in [-0.2, 0) is 0 Å². The fraction of sp³-hybridized carbons (Fsp3) is 1.00. The molecule has 0 aliphatic rings. The van der Waals surface area contributed by atoms with Crippen molar-refractivity contribution < 1.29 is 0 Å². The van der Waals surface area contributed by atoms with Crippen LogP contribution in [0.15, 0.2) is 10.2 Å². The Morgan fingerprint density at radius 1 is 0.688 bits per heavy atom. The fourth-order valence-corrected chi connectivity index (χ4v) is 1.91. The van der Waals surface area contributed by atoms with Crippen LogP contribution in [0.25, 0.3) is 0 Å². The highest BCUT2D eigenvalue weighted by Gasteiger charge is 2.24. The Balaban J connectivity index is 4.63. The first kappa shape index (κ1) is 15.6. The molecule has 0 N–H and O–H groups in total. The van der Waals surface area contributed by atoms with Gasteiger partial charge in [0.05, 0.1) is 11.1 Å². The molecule has 0 aromatic heterocycles. The maximum absolute atomic E-state index is 4.65. The molecule has 2 atom stereocenters. The molecule has 2 nitrogen and oxygen atoms in total. The van der Waals surface area contributed by atoms with E-state index in [9.17, 15) is 0 Å². The monoisotopic (exact) mass is 226 g/mol. The highest BCUT2D eigenvalue weighted by Crippen LogP contribution is 2.27. The molecule has 0 saturated carbocycles. The molecular formula is C14H30N2. The molecule has 16 heavy (non-hydrogen) atoms. The van der Waals surface area contributed by atoms with Gasteiger partial charge in [-0.15, -0.1) is 0 Å². The van der Waals surface area contributed by atoms with Gasteiger partial charge in [0, 0.05) is 0 Å². The second-order valence-electron chi connectivity index (χ2n) is 5.40. The van der Waals surface area contributed by atoms with E-state index < -0.39 is 0 Å². The third-order valence-electron chi connectivity index (χ3n) is 3.63. The first-order chi connectivity index (χ1) is 7.45. The van der Waals surface area contributed by atoms with Crippen LogP contribution in [-0.4, -0.2) is 11.1 Å². The maximum Gasteiger partial charge on any atom is 0.0785 e. The highest BCUT2D eigenvalue weighted by molar-refractivity contribution is 4.84. The predicted molar refractivity (Wildman–Crippen MR) is 72.1 cm³/mol. The summed E-state index contributed by atoms with van der Waals surface area (Å²) < 4.78 is 0. The highest BCUT2D eigenvalue weighted by atomic mass is 15.2. The molecule has 0 spiro atoms. The zero-order valence-corrected chi connectivity index (χ0v) is 12.1. The van der Waals surface area contributed by atoms with E-state index in [0.717, 1.165) is 25.7 Å². The van der Waals surface area contributed by atoms with Crippen LogP contribution in [0.3, 0.4) is 0 Å². The van der Waals surface area contributed by atoms with E-state index in [1.165, 1.54) is 12.8 Å². The van der Waals surface area contributed by atoms with E-state index in [-0.39, 0.29) is 11.1 Å². The van der Waals surface area contributed by atoms with Crippen LogP contribution in [0.2, 0.25) is 0 Å². The molecule has 0 aliphatic heterocycles. The van der Waals surface area contributed by atoms with Crippen LogP contribution in [0, 0.1) is 0 Å². The Labute approximate surface area is 102 Å². The molecule has 96 valence electrons. The summed E-state index contributed by atoms with van der Waals surface area (Å²) in [6, 6.07) is 0.